The summed E-state index contributed by atoms with van der Waals surface area (Å²) in [6.45, 7) is 2.89. The molecule has 3 rings (SSSR count). The van der Waals surface area contributed by atoms with Crippen molar-refractivity contribution in [2.24, 2.45) is 0 Å². The Kier molecular flexibility index (Phi) is 7.60. The van der Waals surface area contributed by atoms with Crippen molar-refractivity contribution in [1.29, 1.82) is 0 Å². The van der Waals surface area contributed by atoms with Crippen LogP contribution < -0.4 is 5.32 Å². The van der Waals surface area contributed by atoms with Crippen molar-refractivity contribution in [3.8, 4) is 0 Å². The fourth-order valence-corrected chi connectivity index (χ4v) is 3.56. The van der Waals surface area contributed by atoms with E-state index >= 15 is 0 Å². The molecule has 8 heteroatoms. The van der Waals surface area contributed by atoms with E-state index in [2.05, 4.69) is 10.3 Å². The lowest BCUT2D eigenvalue weighted by atomic mass is 10.1. The van der Waals surface area contributed by atoms with Crippen LogP contribution in [0, 0.1) is 0 Å². The first-order chi connectivity index (χ1) is 14.0. The van der Waals surface area contributed by atoms with Crippen molar-refractivity contribution >= 4 is 28.7 Å². The molecule has 5 nitrogen and oxygen atoms in total. The maximum Gasteiger partial charge on any atom is 0.291 e. The summed E-state index contributed by atoms with van der Waals surface area (Å²) in [6, 6.07) is 17.0. The molecule has 2 aromatic carbocycles. The minimum absolute atomic E-state index is 0.0156. The number of hydrogen-bond donors (Lipinski definition) is 1. The van der Waals surface area contributed by atoms with Gasteiger partial charge in [-0.3, -0.25) is 4.79 Å². The van der Waals surface area contributed by atoms with E-state index in [1.165, 1.54) is 4.57 Å². The average Bonchev–Trinajstić information content (AvgIpc) is 3.04. The molecule has 1 amide bonds. The summed E-state index contributed by atoms with van der Waals surface area (Å²) in [5.74, 6) is -2.85. The van der Waals surface area contributed by atoms with Gasteiger partial charge in [-0.25, -0.2) is 4.98 Å². The number of rotatable bonds is 10. The zero-order chi connectivity index (χ0) is 20.6. The number of amides is 1. The van der Waals surface area contributed by atoms with Gasteiger partial charge in [0.1, 0.15) is 6.54 Å². The number of ether oxygens (including phenoxy) is 1. The van der Waals surface area contributed by atoms with Gasteiger partial charge >= 0.3 is 0 Å². The molecular weight excluding hydrogens is 396 g/mol. The van der Waals surface area contributed by atoms with E-state index in [9.17, 15) is 13.6 Å². The molecule has 0 radical (unpaired) electrons. The maximum atomic E-state index is 12.8. The molecule has 0 aliphatic rings. The highest BCUT2D eigenvalue weighted by atomic mass is 32.2. The van der Waals surface area contributed by atoms with Crippen LogP contribution in [0.5, 0.6) is 0 Å². The molecule has 1 heterocycles. The molecule has 0 aliphatic heterocycles. The summed E-state index contributed by atoms with van der Waals surface area (Å²) in [6.07, 6.45) is 0.643. The highest BCUT2D eigenvalue weighted by molar-refractivity contribution is 7.99. The molecule has 0 saturated heterocycles. The Balaban J connectivity index is 1.48. The van der Waals surface area contributed by atoms with Gasteiger partial charge in [-0.2, -0.15) is 8.78 Å². The lowest BCUT2D eigenvalue weighted by molar-refractivity contribution is -0.121. The first kappa shape index (κ1) is 21.3. The summed E-state index contributed by atoms with van der Waals surface area (Å²) in [7, 11) is 0. The Bertz CT molecular complexity index is 934. The van der Waals surface area contributed by atoms with Crippen molar-refractivity contribution in [2.45, 2.75) is 36.9 Å². The van der Waals surface area contributed by atoms with E-state index in [1.54, 1.807) is 24.3 Å². The molecule has 0 saturated carbocycles. The Labute approximate surface area is 172 Å². The molecule has 1 unspecified atom stereocenters. The van der Waals surface area contributed by atoms with Crippen LogP contribution in [0.25, 0.3) is 11.0 Å². The number of thioether (sulfide) groups is 1. The Hall–Kier alpha value is -2.45. The molecule has 1 N–H and O–H groups in total. The summed E-state index contributed by atoms with van der Waals surface area (Å²) < 4.78 is 33.0. The number of carbonyl (C=O) groups is 1. The van der Waals surface area contributed by atoms with Crippen LogP contribution in [-0.2, 0) is 16.1 Å². The largest absolute Gasteiger partial charge is 0.374 e. The molecule has 0 fully saturated rings. The fraction of sp³-hybridized carbons (Fsp3) is 0.333. The number of nitrogens with zero attached hydrogens (tertiary/aromatic N) is 2. The SMILES string of the molecule is CC(OCCCNC(=O)Cn1c(SC(F)F)nc2ccccc21)c1ccccc1. The first-order valence-corrected chi connectivity index (χ1v) is 10.3. The van der Waals surface area contributed by atoms with E-state index in [0.717, 1.165) is 5.56 Å². The van der Waals surface area contributed by atoms with Crippen molar-refractivity contribution in [1.82, 2.24) is 14.9 Å². The number of fused-ring (bicyclic) bond motifs is 1. The Morgan fingerprint density at radius 2 is 1.90 bits per heavy atom. The zero-order valence-electron chi connectivity index (χ0n) is 16.1. The quantitative estimate of drug-likeness (QED) is 0.384. The third-order valence-electron chi connectivity index (χ3n) is 4.40. The van der Waals surface area contributed by atoms with E-state index in [0.29, 0.717) is 42.4 Å². The minimum atomic E-state index is -2.60. The predicted molar refractivity (Wildman–Crippen MR) is 110 cm³/mol. The van der Waals surface area contributed by atoms with E-state index in [4.69, 9.17) is 4.74 Å². The second kappa shape index (κ2) is 10.4. The van der Waals surface area contributed by atoms with Gasteiger partial charge in [-0.1, -0.05) is 42.5 Å². The van der Waals surface area contributed by atoms with Crippen LogP contribution in [0.15, 0.2) is 59.8 Å². The molecule has 0 aliphatic carbocycles. The smallest absolute Gasteiger partial charge is 0.291 e. The number of carbonyl (C=O) groups excluding carboxylic acids is 1. The predicted octanol–water partition coefficient (Wildman–Crippen LogP) is 4.64. The number of nitrogens with one attached hydrogen (secondary N) is 1. The minimum Gasteiger partial charge on any atom is -0.374 e. The Morgan fingerprint density at radius 1 is 1.17 bits per heavy atom. The van der Waals surface area contributed by atoms with Gasteiger partial charge in [-0.15, -0.1) is 0 Å². The molecule has 154 valence electrons. The number of para-hydroxylation sites is 2. The van der Waals surface area contributed by atoms with Gasteiger partial charge in [0, 0.05) is 13.2 Å². The first-order valence-electron chi connectivity index (χ1n) is 9.38. The lowest BCUT2D eigenvalue weighted by Gasteiger charge is -2.14. The zero-order valence-corrected chi connectivity index (χ0v) is 16.9. The van der Waals surface area contributed by atoms with E-state index in [-0.39, 0.29) is 23.7 Å². The number of benzene rings is 2. The van der Waals surface area contributed by atoms with Crippen LogP contribution in [0.4, 0.5) is 8.78 Å². The van der Waals surface area contributed by atoms with Gasteiger partial charge < -0.3 is 14.6 Å². The lowest BCUT2D eigenvalue weighted by Crippen LogP contribution is -2.29. The molecule has 3 aromatic rings. The van der Waals surface area contributed by atoms with Crippen LogP contribution in [-0.4, -0.2) is 34.4 Å². The van der Waals surface area contributed by atoms with Crippen molar-refractivity contribution in [3.63, 3.8) is 0 Å². The van der Waals surface area contributed by atoms with Crippen LogP contribution in [0.1, 0.15) is 25.0 Å². The molecule has 0 spiro atoms. The van der Waals surface area contributed by atoms with Crippen LogP contribution in [0.2, 0.25) is 0 Å². The van der Waals surface area contributed by atoms with Crippen LogP contribution in [0.3, 0.4) is 0 Å². The third kappa shape index (κ3) is 6.01. The number of imidazole rings is 1. The molecule has 1 aromatic heterocycles. The highest BCUT2D eigenvalue weighted by Gasteiger charge is 2.17. The van der Waals surface area contributed by atoms with Crippen molar-refractivity contribution in [3.05, 3.63) is 60.2 Å². The second-order valence-corrected chi connectivity index (χ2v) is 7.43. The molecule has 0 bridgehead atoms. The monoisotopic (exact) mass is 419 g/mol. The third-order valence-corrected chi connectivity index (χ3v) is 5.10. The van der Waals surface area contributed by atoms with E-state index < -0.39 is 5.76 Å². The molecule has 29 heavy (non-hydrogen) atoms. The van der Waals surface area contributed by atoms with Gasteiger partial charge in [-0.05, 0) is 42.8 Å². The van der Waals surface area contributed by atoms with Gasteiger partial charge in [0.15, 0.2) is 5.16 Å². The van der Waals surface area contributed by atoms with Crippen molar-refractivity contribution in [2.75, 3.05) is 13.2 Å². The van der Waals surface area contributed by atoms with E-state index in [1.807, 2.05) is 37.3 Å². The van der Waals surface area contributed by atoms with Gasteiger partial charge in [0.2, 0.25) is 5.91 Å². The average molecular weight is 419 g/mol. The topological polar surface area (TPSA) is 56.1 Å². The Morgan fingerprint density at radius 3 is 2.66 bits per heavy atom. The van der Waals surface area contributed by atoms with Gasteiger partial charge in [0.05, 0.1) is 17.1 Å². The summed E-state index contributed by atoms with van der Waals surface area (Å²) in [5.41, 5.74) is 2.35. The number of aromatic nitrogens is 2. The normalized spacial score (nSPS) is 12.4. The second-order valence-electron chi connectivity index (χ2n) is 6.47. The maximum absolute atomic E-state index is 12.8. The van der Waals surface area contributed by atoms with Gasteiger partial charge in [0.25, 0.3) is 5.76 Å². The summed E-state index contributed by atoms with van der Waals surface area (Å²) in [5, 5.41) is 2.95. The molecule has 1 atom stereocenters. The standard InChI is InChI=1S/C21H23F2N3O2S/c1-15(16-8-3-2-4-9-16)28-13-7-12-24-19(27)14-26-18-11-6-5-10-17(18)25-21(26)29-20(22)23/h2-6,8-11,15,20H,7,12-14H2,1H3,(H,24,27). The molecular formula is C21H23F2N3O2S. The number of hydrogen-bond acceptors (Lipinski definition) is 4. The highest BCUT2D eigenvalue weighted by Crippen LogP contribution is 2.28. The summed E-state index contributed by atoms with van der Waals surface area (Å²) >= 11 is 0.344. The van der Waals surface area contributed by atoms with Crippen molar-refractivity contribution < 1.29 is 18.3 Å². The summed E-state index contributed by atoms with van der Waals surface area (Å²) in [4.78, 5) is 16.5. The number of halogens is 2. The number of alkyl halides is 2. The fourth-order valence-electron chi connectivity index (χ4n) is 2.96. The van der Waals surface area contributed by atoms with Crippen LogP contribution >= 0.6 is 11.8 Å².